The minimum Gasteiger partial charge on any atom is -0.317 e. The van der Waals surface area contributed by atoms with E-state index in [1.807, 2.05) is 44.2 Å². The van der Waals surface area contributed by atoms with Crippen molar-refractivity contribution in [1.82, 2.24) is 9.62 Å². The molecular formula is C21H30N2OS. The van der Waals surface area contributed by atoms with E-state index in [2.05, 4.69) is 34.4 Å². The van der Waals surface area contributed by atoms with E-state index in [0.717, 1.165) is 48.1 Å². The summed E-state index contributed by atoms with van der Waals surface area (Å²) in [6.07, 6.45) is 4.16. The maximum atomic E-state index is 13.2. The van der Waals surface area contributed by atoms with Gasteiger partial charge < -0.3 is 5.32 Å². The lowest BCUT2D eigenvalue weighted by Crippen LogP contribution is -2.37. The van der Waals surface area contributed by atoms with E-state index < -0.39 is 11.0 Å². The van der Waals surface area contributed by atoms with E-state index in [0.29, 0.717) is 12.5 Å². The quantitative estimate of drug-likeness (QED) is 0.778. The van der Waals surface area contributed by atoms with Crippen LogP contribution in [0.5, 0.6) is 0 Å². The molecule has 1 saturated heterocycles. The van der Waals surface area contributed by atoms with Gasteiger partial charge in [0.05, 0.1) is 4.90 Å². The minimum absolute atomic E-state index is 0.607. The van der Waals surface area contributed by atoms with Crippen LogP contribution in [0.3, 0.4) is 0 Å². The molecule has 3 rings (SSSR count). The van der Waals surface area contributed by atoms with Gasteiger partial charge in [-0.1, -0.05) is 56.3 Å². The lowest BCUT2D eigenvalue weighted by Gasteiger charge is -2.28. The first kappa shape index (κ1) is 19.8. The van der Waals surface area contributed by atoms with E-state index >= 15 is 0 Å². The number of piperidine rings is 1. The van der Waals surface area contributed by atoms with Gasteiger partial charge in [0.15, 0.2) is 0 Å². The van der Waals surface area contributed by atoms with Gasteiger partial charge in [0.1, 0.15) is 11.0 Å². The van der Waals surface area contributed by atoms with E-state index in [9.17, 15) is 4.21 Å². The highest BCUT2D eigenvalue weighted by Crippen LogP contribution is 2.24. The van der Waals surface area contributed by atoms with Crippen molar-refractivity contribution in [3.63, 3.8) is 0 Å². The summed E-state index contributed by atoms with van der Waals surface area (Å²) in [5.74, 6) is 0.607. The summed E-state index contributed by atoms with van der Waals surface area (Å²) in [6.45, 7) is 11.5. The van der Waals surface area contributed by atoms with Crippen LogP contribution in [0, 0.1) is 5.92 Å². The van der Waals surface area contributed by atoms with Crippen molar-refractivity contribution in [2.75, 3.05) is 26.2 Å². The second-order valence-electron chi connectivity index (χ2n) is 6.06. The predicted molar refractivity (Wildman–Crippen MR) is 109 cm³/mol. The molecule has 1 atom stereocenters. The fourth-order valence-electron chi connectivity index (χ4n) is 3.19. The average Bonchev–Trinajstić information content (AvgIpc) is 2.69. The number of hydrogen-bond acceptors (Lipinski definition) is 2. The van der Waals surface area contributed by atoms with Crippen LogP contribution in [-0.4, -0.2) is 34.7 Å². The van der Waals surface area contributed by atoms with Crippen molar-refractivity contribution < 1.29 is 4.21 Å². The van der Waals surface area contributed by atoms with Crippen LogP contribution in [0.1, 0.15) is 26.7 Å². The first-order valence-electron chi connectivity index (χ1n) is 9.26. The highest BCUT2D eigenvalue weighted by atomic mass is 32.2. The molecule has 25 heavy (non-hydrogen) atoms. The van der Waals surface area contributed by atoms with Gasteiger partial charge in [0.25, 0.3) is 0 Å². The molecule has 136 valence electrons. The zero-order valence-electron chi connectivity index (χ0n) is 15.4. The Balaban J connectivity index is 0.00000109. The largest absolute Gasteiger partial charge is 0.317 e. The van der Waals surface area contributed by atoms with E-state index in [1.165, 1.54) is 0 Å². The number of rotatable bonds is 6. The molecule has 1 aliphatic rings. The van der Waals surface area contributed by atoms with E-state index in [-0.39, 0.29) is 0 Å². The summed E-state index contributed by atoms with van der Waals surface area (Å²) in [5.41, 5.74) is 0. The van der Waals surface area contributed by atoms with E-state index in [1.54, 1.807) is 0 Å². The molecule has 3 nitrogen and oxygen atoms in total. The number of fused-ring (bicyclic) bond motifs is 1. The molecular weight excluding hydrogens is 328 g/mol. The molecule has 0 aliphatic carbocycles. The summed E-state index contributed by atoms with van der Waals surface area (Å²) in [6, 6.07) is 14.2. The third-order valence-corrected chi connectivity index (χ3v) is 5.92. The normalized spacial score (nSPS) is 16.3. The van der Waals surface area contributed by atoms with Gasteiger partial charge in [-0.3, -0.25) is 0 Å². The first-order chi connectivity index (χ1) is 12.3. The van der Waals surface area contributed by atoms with Crippen molar-refractivity contribution in [2.45, 2.75) is 31.6 Å². The standard InChI is InChI=1S/C19H24N2OS.C2H6/c1-2-14-21(15-16-10-12-20-13-11-16)23(22)19-9-5-7-17-6-3-4-8-18(17)19;1-2/h2-9,16,20H,1,10-15H2;1-2H3. The highest BCUT2D eigenvalue weighted by Gasteiger charge is 2.22. The van der Waals surface area contributed by atoms with Crippen LogP contribution < -0.4 is 5.32 Å². The molecule has 0 aromatic heterocycles. The maximum Gasteiger partial charge on any atom is 0.128 e. The third kappa shape index (κ3) is 5.24. The van der Waals surface area contributed by atoms with Crippen molar-refractivity contribution in [1.29, 1.82) is 0 Å². The second-order valence-corrected chi connectivity index (χ2v) is 7.51. The topological polar surface area (TPSA) is 32.3 Å². The van der Waals surface area contributed by atoms with Crippen LogP contribution in [0.4, 0.5) is 0 Å². The zero-order valence-corrected chi connectivity index (χ0v) is 16.2. The Hall–Kier alpha value is -1.49. The van der Waals surface area contributed by atoms with Crippen LogP contribution in [0.2, 0.25) is 0 Å². The van der Waals surface area contributed by atoms with Crippen LogP contribution in [0.25, 0.3) is 10.8 Å². The molecule has 0 amide bonds. The summed E-state index contributed by atoms with van der Waals surface area (Å²) in [4.78, 5) is 0.902. The summed E-state index contributed by atoms with van der Waals surface area (Å²) < 4.78 is 15.3. The summed E-state index contributed by atoms with van der Waals surface area (Å²) in [7, 11) is -1.16. The van der Waals surface area contributed by atoms with Crippen molar-refractivity contribution in [3.8, 4) is 0 Å². The Labute approximate surface area is 154 Å². The summed E-state index contributed by atoms with van der Waals surface area (Å²) in [5, 5.41) is 5.60. The van der Waals surface area contributed by atoms with Crippen molar-refractivity contribution in [2.24, 2.45) is 5.92 Å². The van der Waals surface area contributed by atoms with Crippen LogP contribution in [0.15, 0.2) is 60.0 Å². The molecule has 1 heterocycles. The predicted octanol–water partition coefficient (Wildman–Crippen LogP) is 4.38. The van der Waals surface area contributed by atoms with Crippen LogP contribution >= 0.6 is 0 Å². The first-order valence-corrected chi connectivity index (χ1v) is 10.4. The number of benzene rings is 2. The molecule has 0 radical (unpaired) electrons. The van der Waals surface area contributed by atoms with Crippen molar-refractivity contribution in [3.05, 3.63) is 55.1 Å². The number of nitrogens with zero attached hydrogens (tertiary/aromatic N) is 1. The number of nitrogens with one attached hydrogen (secondary N) is 1. The molecule has 2 aromatic carbocycles. The molecule has 0 bridgehead atoms. The Morgan fingerprint density at radius 3 is 2.56 bits per heavy atom. The van der Waals surface area contributed by atoms with Gasteiger partial charge in [-0.2, -0.15) is 0 Å². The third-order valence-electron chi connectivity index (χ3n) is 4.43. The van der Waals surface area contributed by atoms with Gasteiger partial charge in [-0.15, -0.1) is 6.58 Å². The summed E-state index contributed by atoms with van der Waals surface area (Å²) >= 11 is 0. The second kappa shape index (κ2) is 10.5. The SMILES string of the molecule is C=CCN(CC1CCNCC1)S(=O)c1cccc2ccccc12.CC. The Kier molecular flexibility index (Phi) is 8.32. The van der Waals surface area contributed by atoms with Gasteiger partial charge in [0, 0.05) is 13.1 Å². The fourth-order valence-corrected chi connectivity index (χ4v) is 4.63. The van der Waals surface area contributed by atoms with Gasteiger partial charge in [-0.25, -0.2) is 8.51 Å². The molecule has 0 spiro atoms. The zero-order chi connectivity index (χ0) is 18.1. The van der Waals surface area contributed by atoms with Crippen molar-refractivity contribution >= 4 is 21.8 Å². The van der Waals surface area contributed by atoms with Gasteiger partial charge >= 0.3 is 0 Å². The molecule has 2 aromatic rings. The number of hydrogen-bond donors (Lipinski definition) is 1. The van der Waals surface area contributed by atoms with Crippen LogP contribution in [-0.2, 0) is 11.0 Å². The Morgan fingerprint density at radius 2 is 1.84 bits per heavy atom. The van der Waals surface area contributed by atoms with E-state index in [4.69, 9.17) is 0 Å². The molecule has 4 heteroatoms. The molecule has 1 unspecified atom stereocenters. The average molecular weight is 359 g/mol. The lowest BCUT2D eigenvalue weighted by atomic mass is 9.98. The Bertz CT molecular complexity index is 690. The fraction of sp³-hybridized carbons (Fsp3) is 0.429. The Morgan fingerprint density at radius 1 is 1.16 bits per heavy atom. The van der Waals surface area contributed by atoms with Gasteiger partial charge in [0.2, 0.25) is 0 Å². The molecule has 0 saturated carbocycles. The monoisotopic (exact) mass is 358 g/mol. The van der Waals surface area contributed by atoms with Gasteiger partial charge in [-0.05, 0) is 48.7 Å². The molecule has 1 N–H and O–H groups in total. The highest BCUT2D eigenvalue weighted by molar-refractivity contribution is 7.83. The molecule has 1 fully saturated rings. The molecule has 1 aliphatic heterocycles. The lowest BCUT2D eigenvalue weighted by molar-refractivity contribution is 0.308. The smallest absolute Gasteiger partial charge is 0.128 e. The maximum absolute atomic E-state index is 13.2. The minimum atomic E-state index is -1.16.